The first-order valence-electron chi connectivity index (χ1n) is 8.18. The van der Waals surface area contributed by atoms with Crippen molar-refractivity contribution in [2.75, 3.05) is 31.6 Å². The van der Waals surface area contributed by atoms with Gasteiger partial charge in [-0.25, -0.2) is 9.67 Å². The molecule has 2 atom stereocenters. The van der Waals surface area contributed by atoms with Gasteiger partial charge in [0.2, 0.25) is 5.91 Å². The predicted octanol–water partition coefficient (Wildman–Crippen LogP) is 1.49. The highest BCUT2D eigenvalue weighted by Gasteiger charge is 2.24. The van der Waals surface area contributed by atoms with Gasteiger partial charge in [-0.1, -0.05) is 6.07 Å². The van der Waals surface area contributed by atoms with Crippen molar-refractivity contribution in [1.29, 1.82) is 0 Å². The maximum Gasteiger partial charge on any atom is 0.244 e. The Morgan fingerprint density at radius 1 is 1.50 bits per heavy atom. The molecule has 0 bridgehead atoms. The topological polar surface area (TPSA) is 72.3 Å². The summed E-state index contributed by atoms with van der Waals surface area (Å²) in [5.74, 6) is 1.29. The van der Waals surface area contributed by atoms with Crippen molar-refractivity contribution in [1.82, 2.24) is 20.1 Å². The molecule has 1 N–H and O–H groups in total. The number of aromatic nitrogens is 3. The summed E-state index contributed by atoms with van der Waals surface area (Å²) >= 11 is 0. The molecule has 7 heteroatoms. The third kappa shape index (κ3) is 3.67. The molecule has 1 aliphatic heterocycles. The second-order valence-electron chi connectivity index (χ2n) is 6.10. The van der Waals surface area contributed by atoms with Gasteiger partial charge in [-0.05, 0) is 31.4 Å². The first-order chi connectivity index (χ1) is 11.7. The molecule has 0 aliphatic carbocycles. The second kappa shape index (κ2) is 7.33. The molecule has 1 aromatic heterocycles. The molecule has 24 heavy (non-hydrogen) atoms. The minimum absolute atomic E-state index is 0.0275. The number of ether oxygens (including phenoxy) is 1. The zero-order valence-electron chi connectivity index (χ0n) is 14.1. The average molecular weight is 329 g/mol. The Hall–Kier alpha value is -2.57. The lowest BCUT2D eigenvalue weighted by Crippen LogP contribution is -2.35. The molecule has 1 aliphatic rings. The monoisotopic (exact) mass is 329 g/mol. The fourth-order valence-corrected chi connectivity index (χ4v) is 2.97. The third-order valence-electron chi connectivity index (χ3n) is 4.48. The van der Waals surface area contributed by atoms with E-state index >= 15 is 0 Å². The highest BCUT2D eigenvalue weighted by atomic mass is 16.5. The van der Waals surface area contributed by atoms with Gasteiger partial charge >= 0.3 is 0 Å². The number of hydrogen-bond acceptors (Lipinski definition) is 5. The maximum absolute atomic E-state index is 12.2. The molecular weight excluding hydrogens is 306 g/mol. The van der Waals surface area contributed by atoms with Crippen LogP contribution in [-0.4, -0.2) is 47.4 Å². The lowest BCUT2D eigenvalue weighted by Gasteiger charge is -2.20. The van der Waals surface area contributed by atoms with E-state index in [2.05, 4.69) is 26.4 Å². The Kier molecular flexibility index (Phi) is 4.98. The van der Waals surface area contributed by atoms with Crippen LogP contribution < -0.4 is 15.0 Å². The largest absolute Gasteiger partial charge is 0.497 e. The number of hydrogen-bond donors (Lipinski definition) is 1. The predicted molar refractivity (Wildman–Crippen MR) is 91.1 cm³/mol. The summed E-state index contributed by atoms with van der Waals surface area (Å²) in [6, 6.07) is 7.75. The highest BCUT2D eigenvalue weighted by molar-refractivity contribution is 5.79. The Labute approximate surface area is 141 Å². The lowest BCUT2D eigenvalue weighted by atomic mass is 10.1. The first kappa shape index (κ1) is 16.3. The number of rotatable bonds is 6. The van der Waals surface area contributed by atoms with Crippen molar-refractivity contribution < 1.29 is 9.53 Å². The standard InChI is InChI=1S/C17H23N5O2/c1-13(22-12-18-11-20-22)17(23)19-9-14-6-7-21(10-14)15-4-3-5-16(8-15)24-2/h3-5,8,11-14H,6-7,9-10H2,1-2H3,(H,19,23). The maximum atomic E-state index is 12.2. The van der Waals surface area contributed by atoms with Crippen molar-refractivity contribution in [3.8, 4) is 5.75 Å². The Morgan fingerprint density at radius 3 is 3.12 bits per heavy atom. The van der Waals surface area contributed by atoms with Crippen LogP contribution in [0, 0.1) is 5.92 Å². The van der Waals surface area contributed by atoms with E-state index in [0.717, 1.165) is 25.3 Å². The summed E-state index contributed by atoms with van der Waals surface area (Å²) in [7, 11) is 1.68. The van der Waals surface area contributed by atoms with E-state index in [1.807, 2.05) is 25.1 Å². The van der Waals surface area contributed by atoms with E-state index in [-0.39, 0.29) is 11.9 Å². The molecule has 1 amide bonds. The fraction of sp³-hybridized carbons (Fsp3) is 0.471. The Balaban J connectivity index is 1.50. The molecule has 0 saturated carbocycles. The van der Waals surface area contributed by atoms with Crippen molar-refractivity contribution in [3.05, 3.63) is 36.9 Å². The van der Waals surface area contributed by atoms with Crippen molar-refractivity contribution in [2.24, 2.45) is 5.92 Å². The van der Waals surface area contributed by atoms with Gasteiger partial charge in [0.15, 0.2) is 0 Å². The molecule has 1 aromatic carbocycles. The molecular formula is C17H23N5O2. The van der Waals surface area contributed by atoms with Crippen molar-refractivity contribution >= 4 is 11.6 Å². The molecule has 1 fully saturated rings. The van der Waals surface area contributed by atoms with Gasteiger partial charge in [-0.3, -0.25) is 4.79 Å². The van der Waals surface area contributed by atoms with E-state index in [9.17, 15) is 4.79 Å². The van der Waals surface area contributed by atoms with Crippen LogP contribution in [0.25, 0.3) is 0 Å². The summed E-state index contributed by atoms with van der Waals surface area (Å²) < 4.78 is 6.85. The molecule has 2 aromatic rings. The van der Waals surface area contributed by atoms with Crippen LogP contribution in [0.15, 0.2) is 36.9 Å². The number of anilines is 1. The van der Waals surface area contributed by atoms with E-state index in [0.29, 0.717) is 12.5 Å². The molecule has 2 unspecified atom stereocenters. The normalized spacial score (nSPS) is 18.4. The Bertz CT molecular complexity index is 673. The minimum atomic E-state index is -0.344. The number of carbonyl (C=O) groups excluding carboxylic acids is 1. The van der Waals surface area contributed by atoms with Gasteiger partial charge in [0.25, 0.3) is 0 Å². The second-order valence-corrected chi connectivity index (χ2v) is 6.10. The lowest BCUT2D eigenvalue weighted by molar-refractivity contribution is -0.124. The number of benzene rings is 1. The quantitative estimate of drug-likeness (QED) is 0.869. The van der Waals surface area contributed by atoms with Gasteiger partial charge in [0.1, 0.15) is 24.4 Å². The van der Waals surface area contributed by atoms with Crippen LogP contribution in [-0.2, 0) is 4.79 Å². The van der Waals surface area contributed by atoms with Crippen LogP contribution in [0.4, 0.5) is 5.69 Å². The number of carbonyl (C=O) groups is 1. The van der Waals surface area contributed by atoms with Gasteiger partial charge in [-0.2, -0.15) is 5.10 Å². The number of nitrogens with zero attached hydrogens (tertiary/aromatic N) is 4. The number of amides is 1. The van der Waals surface area contributed by atoms with Gasteiger partial charge in [0, 0.05) is 31.4 Å². The van der Waals surface area contributed by atoms with Crippen molar-refractivity contribution in [3.63, 3.8) is 0 Å². The van der Waals surface area contributed by atoms with Gasteiger partial charge in [0.05, 0.1) is 7.11 Å². The van der Waals surface area contributed by atoms with Crippen LogP contribution in [0.1, 0.15) is 19.4 Å². The summed E-state index contributed by atoms with van der Waals surface area (Å²) in [6.07, 6.45) is 4.06. The molecule has 1 saturated heterocycles. The van der Waals surface area contributed by atoms with Crippen LogP contribution in [0.2, 0.25) is 0 Å². The van der Waals surface area contributed by atoms with Crippen LogP contribution in [0.3, 0.4) is 0 Å². The highest BCUT2D eigenvalue weighted by Crippen LogP contribution is 2.26. The molecule has 128 valence electrons. The van der Waals surface area contributed by atoms with E-state index in [4.69, 9.17) is 4.74 Å². The van der Waals surface area contributed by atoms with Gasteiger partial charge in [-0.15, -0.1) is 0 Å². The summed E-state index contributed by atoms with van der Waals surface area (Å²) in [5, 5.41) is 7.04. The Morgan fingerprint density at radius 2 is 2.38 bits per heavy atom. The smallest absolute Gasteiger partial charge is 0.244 e. The summed E-state index contributed by atoms with van der Waals surface area (Å²) in [4.78, 5) is 18.4. The zero-order chi connectivity index (χ0) is 16.9. The number of nitrogens with one attached hydrogen (secondary N) is 1. The molecule has 3 rings (SSSR count). The first-order valence-corrected chi connectivity index (χ1v) is 8.18. The molecule has 0 spiro atoms. The van der Waals surface area contributed by atoms with Crippen LogP contribution >= 0.6 is 0 Å². The number of methoxy groups -OCH3 is 1. The molecule has 7 nitrogen and oxygen atoms in total. The molecule has 2 heterocycles. The fourth-order valence-electron chi connectivity index (χ4n) is 2.97. The van der Waals surface area contributed by atoms with E-state index in [1.165, 1.54) is 12.0 Å². The van der Waals surface area contributed by atoms with Crippen molar-refractivity contribution in [2.45, 2.75) is 19.4 Å². The minimum Gasteiger partial charge on any atom is -0.497 e. The molecule has 0 radical (unpaired) electrons. The summed E-state index contributed by atoms with van der Waals surface area (Å²) in [6.45, 7) is 4.43. The SMILES string of the molecule is COc1cccc(N2CCC(CNC(=O)C(C)n3cncn3)C2)c1. The van der Waals surface area contributed by atoms with Crippen LogP contribution in [0.5, 0.6) is 5.75 Å². The van der Waals surface area contributed by atoms with Gasteiger partial charge < -0.3 is 15.0 Å². The third-order valence-corrected chi connectivity index (χ3v) is 4.48. The zero-order valence-corrected chi connectivity index (χ0v) is 14.1. The summed E-state index contributed by atoms with van der Waals surface area (Å²) in [5.41, 5.74) is 1.17. The average Bonchev–Trinajstić information content (AvgIpc) is 3.30. The van der Waals surface area contributed by atoms with E-state index in [1.54, 1.807) is 18.1 Å². The van der Waals surface area contributed by atoms with E-state index < -0.39 is 0 Å².